The van der Waals surface area contributed by atoms with Gasteiger partial charge in [-0.15, -0.1) is 11.3 Å². The lowest BCUT2D eigenvalue weighted by atomic mass is 9.80. The second-order valence-electron chi connectivity index (χ2n) is 8.62. The van der Waals surface area contributed by atoms with Crippen LogP contribution in [0.15, 0.2) is 77.1 Å². The maximum absolute atomic E-state index is 13.1. The van der Waals surface area contributed by atoms with Gasteiger partial charge in [-0.25, -0.2) is 14.6 Å². The van der Waals surface area contributed by atoms with E-state index in [9.17, 15) is 9.59 Å². The van der Waals surface area contributed by atoms with Gasteiger partial charge in [0.05, 0.1) is 36.0 Å². The van der Waals surface area contributed by atoms with Gasteiger partial charge in [-0.3, -0.25) is 0 Å². The van der Waals surface area contributed by atoms with Gasteiger partial charge in [-0.2, -0.15) is 0 Å². The Morgan fingerprint density at radius 1 is 0.919 bits per heavy atom. The highest BCUT2D eigenvalue weighted by Crippen LogP contribution is 2.40. The van der Waals surface area contributed by atoms with Crippen molar-refractivity contribution >= 4 is 34.1 Å². The maximum Gasteiger partial charge on any atom is 0.336 e. The van der Waals surface area contributed by atoms with Crippen molar-refractivity contribution in [3.8, 4) is 11.3 Å². The molecule has 2 heterocycles. The fourth-order valence-electron chi connectivity index (χ4n) is 4.52. The molecule has 0 unspecified atom stereocenters. The Bertz CT molecular complexity index is 1330. The third-order valence-corrected chi connectivity index (χ3v) is 6.95. The van der Waals surface area contributed by atoms with Crippen LogP contribution in [0.1, 0.15) is 44.1 Å². The third kappa shape index (κ3) is 5.59. The molecule has 0 radical (unpaired) electrons. The number of carbonyl (C=O) groups excluding carboxylic acids is 2. The molecule has 0 bridgehead atoms. The first-order valence-corrected chi connectivity index (χ1v) is 13.1. The predicted octanol–water partition coefficient (Wildman–Crippen LogP) is 6.22. The van der Waals surface area contributed by atoms with E-state index in [0.29, 0.717) is 22.5 Å². The summed E-state index contributed by atoms with van der Waals surface area (Å²) in [5.41, 5.74) is 5.65. The monoisotopic (exact) mass is 517 g/mol. The van der Waals surface area contributed by atoms with Crippen LogP contribution in [0.25, 0.3) is 11.3 Å². The first-order chi connectivity index (χ1) is 17.8. The SMILES string of the molecule is CCOC(=O)C1=C(C)NC(C)=C(C(=O)OCC)C1c1cccc(Nc2nc(-c3ccccc3)c(C)s2)c1. The largest absolute Gasteiger partial charge is 0.463 e. The van der Waals surface area contributed by atoms with Crippen molar-refractivity contribution in [1.82, 2.24) is 10.3 Å². The number of carbonyl (C=O) groups is 2. The first-order valence-electron chi connectivity index (χ1n) is 12.3. The number of dihydropyridines is 1. The Morgan fingerprint density at radius 3 is 2.14 bits per heavy atom. The minimum Gasteiger partial charge on any atom is -0.463 e. The van der Waals surface area contributed by atoms with E-state index in [-0.39, 0.29) is 13.2 Å². The number of anilines is 2. The average Bonchev–Trinajstić information content (AvgIpc) is 3.24. The molecule has 0 spiro atoms. The zero-order valence-corrected chi connectivity index (χ0v) is 22.5. The molecule has 1 aliphatic heterocycles. The van der Waals surface area contributed by atoms with E-state index < -0.39 is 17.9 Å². The number of esters is 2. The standard InChI is InChI=1S/C29H31N3O4S/c1-6-35-27(33)23-17(3)30-18(4)24(28(34)36-7-2)25(23)21-14-11-15-22(16-21)31-29-32-26(19(5)37-29)20-12-9-8-10-13-20/h8-16,25,30H,6-7H2,1-5H3,(H,31,32). The molecule has 0 aliphatic carbocycles. The van der Waals surface area contributed by atoms with Crippen LogP contribution in [0.4, 0.5) is 10.8 Å². The molecule has 3 aromatic rings. The lowest BCUT2D eigenvalue weighted by Gasteiger charge is -2.30. The van der Waals surface area contributed by atoms with Gasteiger partial charge in [0.2, 0.25) is 0 Å². The summed E-state index contributed by atoms with van der Waals surface area (Å²) in [6, 6.07) is 17.7. The number of nitrogens with one attached hydrogen (secondary N) is 2. The van der Waals surface area contributed by atoms with Crippen molar-refractivity contribution in [2.45, 2.75) is 40.5 Å². The molecule has 4 rings (SSSR count). The normalized spacial score (nSPS) is 13.9. The molecule has 0 fully saturated rings. The molecule has 0 amide bonds. The zero-order valence-electron chi connectivity index (χ0n) is 21.7. The Labute approximate surface area is 221 Å². The summed E-state index contributed by atoms with van der Waals surface area (Å²) in [4.78, 5) is 32.0. The number of ether oxygens (including phenoxy) is 2. The van der Waals surface area contributed by atoms with E-state index >= 15 is 0 Å². The van der Waals surface area contributed by atoms with E-state index in [4.69, 9.17) is 14.5 Å². The van der Waals surface area contributed by atoms with E-state index in [1.165, 1.54) is 0 Å². The van der Waals surface area contributed by atoms with Gasteiger partial charge in [0.1, 0.15) is 0 Å². The summed E-state index contributed by atoms with van der Waals surface area (Å²) in [6.45, 7) is 9.66. The van der Waals surface area contributed by atoms with Crippen LogP contribution >= 0.6 is 11.3 Å². The van der Waals surface area contributed by atoms with Gasteiger partial charge >= 0.3 is 11.9 Å². The topological polar surface area (TPSA) is 89.5 Å². The fourth-order valence-corrected chi connectivity index (χ4v) is 5.38. The van der Waals surface area contributed by atoms with Crippen LogP contribution in [0.5, 0.6) is 0 Å². The van der Waals surface area contributed by atoms with Crippen LogP contribution in [0.2, 0.25) is 0 Å². The molecular weight excluding hydrogens is 486 g/mol. The van der Waals surface area contributed by atoms with Crippen LogP contribution in [-0.4, -0.2) is 30.1 Å². The van der Waals surface area contributed by atoms with Gasteiger partial charge in [0.25, 0.3) is 0 Å². The van der Waals surface area contributed by atoms with Gasteiger partial charge in [-0.1, -0.05) is 42.5 Å². The highest BCUT2D eigenvalue weighted by atomic mass is 32.1. The molecule has 7 nitrogen and oxygen atoms in total. The highest BCUT2D eigenvalue weighted by Gasteiger charge is 2.38. The van der Waals surface area contributed by atoms with E-state index in [2.05, 4.69) is 17.6 Å². The minimum absolute atomic E-state index is 0.231. The second-order valence-corrected chi connectivity index (χ2v) is 9.82. The Balaban J connectivity index is 1.73. The summed E-state index contributed by atoms with van der Waals surface area (Å²) in [6.07, 6.45) is 0. The lowest BCUT2D eigenvalue weighted by molar-refractivity contribution is -0.139. The fraction of sp³-hybridized carbons (Fsp3) is 0.276. The van der Waals surface area contributed by atoms with Crippen molar-refractivity contribution in [1.29, 1.82) is 0 Å². The van der Waals surface area contributed by atoms with E-state index in [1.54, 1.807) is 25.2 Å². The minimum atomic E-state index is -0.640. The molecule has 37 heavy (non-hydrogen) atoms. The van der Waals surface area contributed by atoms with Gasteiger partial charge in [-0.05, 0) is 52.3 Å². The van der Waals surface area contributed by atoms with Crippen molar-refractivity contribution in [3.63, 3.8) is 0 Å². The van der Waals surface area contributed by atoms with Crippen molar-refractivity contribution < 1.29 is 19.1 Å². The smallest absolute Gasteiger partial charge is 0.336 e. The Morgan fingerprint density at radius 2 is 1.54 bits per heavy atom. The summed E-state index contributed by atoms with van der Waals surface area (Å²) in [5, 5.41) is 7.33. The Hall–Kier alpha value is -3.91. The molecular formula is C29H31N3O4S. The lowest BCUT2D eigenvalue weighted by Crippen LogP contribution is -2.32. The van der Waals surface area contributed by atoms with Gasteiger partial charge in [0.15, 0.2) is 5.13 Å². The van der Waals surface area contributed by atoms with E-state index in [1.807, 2.05) is 68.4 Å². The molecule has 2 N–H and O–H groups in total. The number of benzene rings is 2. The molecule has 1 aliphatic rings. The second kappa shape index (κ2) is 11.4. The maximum atomic E-state index is 13.1. The molecule has 192 valence electrons. The summed E-state index contributed by atoms with van der Waals surface area (Å²) < 4.78 is 10.8. The van der Waals surface area contributed by atoms with E-state index in [0.717, 1.165) is 32.5 Å². The zero-order chi connectivity index (χ0) is 26.5. The number of hydrogen-bond donors (Lipinski definition) is 2. The van der Waals surface area contributed by atoms with Crippen molar-refractivity contribution in [3.05, 3.63) is 87.6 Å². The van der Waals surface area contributed by atoms with Gasteiger partial charge < -0.3 is 20.1 Å². The van der Waals surface area contributed by atoms with Crippen LogP contribution in [-0.2, 0) is 19.1 Å². The molecule has 0 saturated carbocycles. The first kappa shape index (κ1) is 26.2. The number of nitrogens with zero attached hydrogens (tertiary/aromatic N) is 1. The predicted molar refractivity (Wildman–Crippen MR) is 147 cm³/mol. The van der Waals surface area contributed by atoms with Crippen molar-refractivity contribution in [2.24, 2.45) is 0 Å². The van der Waals surface area contributed by atoms with Crippen LogP contribution in [0.3, 0.4) is 0 Å². The quantitative estimate of drug-likeness (QED) is 0.343. The molecule has 0 saturated heterocycles. The number of allylic oxidation sites excluding steroid dienone is 2. The average molecular weight is 518 g/mol. The van der Waals surface area contributed by atoms with Crippen LogP contribution in [0, 0.1) is 6.92 Å². The molecule has 1 aromatic heterocycles. The summed E-state index contributed by atoms with van der Waals surface area (Å²) in [7, 11) is 0. The van der Waals surface area contributed by atoms with Gasteiger partial charge in [0, 0.05) is 27.5 Å². The van der Waals surface area contributed by atoms with Crippen LogP contribution < -0.4 is 10.6 Å². The van der Waals surface area contributed by atoms with Crippen molar-refractivity contribution in [2.75, 3.05) is 18.5 Å². The number of rotatable bonds is 8. The number of aromatic nitrogens is 1. The molecule has 0 atom stereocenters. The summed E-state index contributed by atoms with van der Waals surface area (Å²) in [5.74, 6) is -1.57. The highest BCUT2D eigenvalue weighted by molar-refractivity contribution is 7.16. The summed E-state index contributed by atoms with van der Waals surface area (Å²) >= 11 is 1.57. The molecule has 2 aromatic carbocycles. The number of aryl methyl sites for hydroxylation is 1. The number of hydrogen-bond acceptors (Lipinski definition) is 8. The third-order valence-electron chi connectivity index (χ3n) is 6.07. The molecule has 8 heteroatoms. The Kier molecular flexibility index (Phi) is 8.08. The number of thiazole rings is 1.